The highest BCUT2D eigenvalue weighted by Gasteiger charge is 2.48. The molecule has 0 spiro atoms. The van der Waals surface area contributed by atoms with Crippen molar-refractivity contribution in [2.24, 2.45) is 0 Å². The van der Waals surface area contributed by atoms with Crippen LogP contribution in [0.5, 0.6) is 5.75 Å². The van der Waals surface area contributed by atoms with E-state index < -0.39 is 42.6 Å². The van der Waals surface area contributed by atoms with Gasteiger partial charge in [0.15, 0.2) is 6.10 Å². The molecule has 0 aromatic heterocycles. The fraction of sp³-hybridized carbons (Fsp3) is 0.467. The van der Waals surface area contributed by atoms with Gasteiger partial charge in [-0.3, -0.25) is 4.79 Å². The van der Waals surface area contributed by atoms with Crippen molar-refractivity contribution in [3.05, 3.63) is 29.8 Å². The summed E-state index contributed by atoms with van der Waals surface area (Å²) in [5, 5.41) is 38.1. The molecule has 0 amide bonds. The van der Waals surface area contributed by atoms with Crippen LogP contribution in [0.4, 0.5) is 0 Å². The largest absolute Gasteiger partial charge is 0.479 e. The summed E-state index contributed by atoms with van der Waals surface area (Å²) in [6.45, 7) is 0. The number of carboxylic acid groups (broad SMARTS) is 1. The van der Waals surface area contributed by atoms with E-state index in [4.69, 9.17) is 14.6 Å². The second-order valence-corrected chi connectivity index (χ2v) is 5.25. The highest BCUT2D eigenvalue weighted by atomic mass is 16.7. The van der Waals surface area contributed by atoms with Gasteiger partial charge in [-0.1, -0.05) is 12.1 Å². The van der Waals surface area contributed by atoms with Crippen LogP contribution in [0.1, 0.15) is 5.56 Å². The lowest BCUT2D eigenvalue weighted by Gasteiger charge is -2.38. The lowest BCUT2D eigenvalue weighted by Crippen LogP contribution is -2.61. The molecular weight excluding hydrogens is 324 g/mol. The van der Waals surface area contributed by atoms with Gasteiger partial charge in [0.25, 0.3) is 0 Å². The number of rotatable bonds is 5. The van der Waals surface area contributed by atoms with Gasteiger partial charge in [0.1, 0.15) is 24.1 Å². The molecule has 5 atom stereocenters. The van der Waals surface area contributed by atoms with Crippen molar-refractivity contribution in [1.82, 2.24) is 0 Å². The molecule has 1 heterocycles. The molecule has 0 saturated carbocycles. The number of carbonyl (C=O) groups excluding carboxylic acids is 1. The van der Waals surface area contributed by atoms with Crippen molar-refractivity contribution in [2.75, 3.05) is 7.11 Å². The van der Waals surface area contributed by atoms with Crippen molar-refractivity contribution in [2.45, 2.75) is 37.1 Å². The molecule has 132 valence electrons. The first-order valence-corrected chi connectivity index (χ1v) is 7.08. The second kappa shape index (κ2) is 7.58. The van der Waals surface area contributed by atoms with Crippen molar-refractivity contribution >= 4 is 11.9 Å². The molecule has 1 aromatic rings. The molecule has 1 aliphatic heterocycles. The molecule has 1 saturated heterocycles. The van der Waals surface area contributed by atoms with E-state index in [1.807, 2.05) is 0 Å². The van der Waals surface area contributed by atoms with Gasteiger partial charge in [-0.05, 0) is 17.7 Å². The zero-order chi connectivity index (χ0) is 17.9. The van der Waals surface area contributed by atoms with E-state index in [0.29, 0.717) is 5.56 Å². The van der Waals surface area contributed by atoms with Gasteiger partial charge in [-0.25, -0.2) is 4.79 Å². The van der Waals surface area contributed by atoms with Crippen LogP contribution < -0.4 is 4.74 Å². The maximum absolute atomic E-state index is 11.2. The zero-order valence-corrected chi connectivity index (χ0v) is 12.7. The van der Waals surface area contributed by atoms with Crippen molar-refractivity contribution in [3.8, 4) is 5.75 Å². The van der Waals surface area contributed by atoms with Gasteiger partial charge in [0.2, 0.25) is 6.29 Å². The molecule has 0 radical (unpaired) electrons. The number of benzene rings is 1. The minimum atomic E-state index is -1.78. The Balaban J connectivity index is 2.06. The van der Waals surface area contributed by atoms with Gasteiger partial charge >= 0.3 is 11.9 Å². The van der Waals surface area contributed by atoms with Crippen LogP contribution in [-0.4, -0.2) is 70.2 Å². The van der Waals surface area contributed by atoms with Crippen LogP contribution in [0, 0.1) is 0 Å². The van der Waals surface area contributed by atoms with E-state index in [9.17, 15) is 24.9 Å². The highest BCUT2D eigenvalue weighted by Crippen LogP contribution is 2.24. The summed E-state index contributed by atoms with van der Waals surface area (Å²) in [6, 6.07) is 6.14. The summed E-state index contributed by atoms with van der Waals surface area (Å²) in [7, 11) is 1.28. The molecule has 24 heavy (non-hydrogen) atoms. The number of esters is 1. The number of aliphatic carboxylic acids is 1. The molecule has 9 heteroatoms. The average molecular weight is 342 g/mol. The summed E-state index contributed by atoms with van der Waals surface area (Å²) in [4.78, 5) is 22.2. The van der Waals surface area contributed by atoms with Gasteiger partial charge < -0.3 is 34.6 Å². The van der Waals surface area contributed by atoms with E-state index in [0.717, 1.165) is 0 Å². The quantitative estimate of drug-likeness (QED) is 0.479. The molecule has 1 aromatic carbocycles. The summed E-state index contributed by atoms with van der Waals surface area (Å²) in [5.41, 5.74) is 0.665. The molecule has 1 aliphatic rings. The smallest absolute Gasteiger partial charge is 0.335 e. The SMILES string of the molecule is COC(=O)Cc1ccc(OC2O[C@H](C(=O)O)[C@@H](O)[C@H](O)[C@H]2O)cc1. The number of carboxylic acids is 1. The predicted octanol–water partition coefficient (Wildman–Crippen LogP) is -1.33. The average Bonchev–Trinajstić information content (AvgIpc) is 2.56. The highest BCUT2D eigenvalue weighted by molar-refractivity contribution is 5.73. The molecule has 1 fully saturated rings. The topological polar surface area (TPSA) is 143 Å². The molecule has 0 bridgehead atoms. The number of aliphatic hydroxyl groups excluding tert-OH is 3. The van der Waals surface area contributed by atoms with Gasteiger partial charge in [0.05, 0.1) is 13.5 Å². The van der Waals surface area contributed by atoms with E-state index in [2.05, 4.69) is 4.74 Å². The molecule has 1 unspecified atom stereocenters. The summed E-state index contributed by atoms with van der Waals surface area (Å²) in [6.07, 6.45) is -8.28. The maximum atomic E-state index is 11.2. The lowest BCUT2D eigenvalue weighted by atomic mass is 9.99. The summed E-state index contributed by atoms with van der Waals surface area (Å²) < 4.78 is 14.9. The lowest BCUT2D eigenvalue weighted by molar-refractivity contribution is -0.271. The van der Waals surface area contributed by atoms with Gasteiger partial charge in [-0.15, -0.1) is 0 Å². The molecule has 4 N–H and O–H groups in total. The molecule has 0 aliphatic carbocycles. The number of carbonyl (C=O) groups is 2. The van der Waals surface area contributed by atoms with Gasteiger partial charge in [-0.2, -0.15) is 0 Å². The number of aliphatic hydroxyl groups is 3. The van der Waals surface area contributed by atoms with Crippen LogP contribution in [0.3, 0.4) is 0 Å². The fourth-order valence-electron chi connectivity index (χ4n) is 2.21. The Morgan fingerprint density at radius 1 is 1.08 bits per heavy atom. The number of ether oxygens (including phenoxy) is 3. The number of methoxy groups -OCH3 is 1. The van der Waals surface area contributed by atoms with Crippen molar-refractivity contribution in [3.63, 3.8) is 0 Å². The Hall–Kier alpha value is -2.20. The first-order chi connectivity index (χ1) is 11.3. The Bertz CT molecular complexity index is 585. The first-order valence-electron chi connectivity index (χ1n) is 7.08. The normalized spacial score (nSPS) is 29.8. The molecule has 9 nitrogen and oxygen atoms in total. The van der Waals surface area contributed by atoms with E-state index in [1.165, 1.54) is 19.2 Å². The van der Waals surface area contributed by atoms with Crippen LogP contribution in [0.25, 0.3) is 0 Å². The Morgan fingerprint density at radius 2 is 1.71 bits per heavy atom. The maximum Gasteiger partial charge on any atom is 0.335 e. The second-order valence-electron chi connectivity index (χ2n) is 5.25. The van der Waals surface area contributed by atoms with Crippen LogP contribution in [0.15, 0.2) is 24.3 Å². The van der Waals surface area contributed by atoms with Crippen LogP contribution in [-0.2, 0) is 25.5 Å². The Morgan fingerprint density at radius 3 is 2.25 bits per heavy atom. The van der Waals surface area contributed by atoms with Crippen LogP contribution in [0.2, 0.25) is 0 Å². The third-order valence-electron chi connectivity index (χ3n) is 3.56. The minimum absolute atomic E-state index is 0.0747. The third-order valence-corrected chi connectivity index (χ3v) is 3.56. The van der Waals surface area contributed by atoms with E-state index in [-0.39, 0.29) is 12.2 Å². The van der Waals surface area contributed by atoms with Gasteiger partial charge in [0, 0.05) is 0 Å². The Labute approximate surface area is 137 Å². The molecular formula is C15H18O9. The van der Waals surface area contributed by atoms with Crippen LogP contribution >= 0.6 is 0 Å². The standard InChI is InChI=1S/C15H18O9/c1-22-9(16)6-7-2-4-8(5-3-7)23-15-12(19)10(17)11(18)13(24-15)14(20)21/h2-5,10-13,15,17-19H,6H2,1H3,(H,20,21)/t10-,11-,12+,13-,15?/m0/s1. The fourth-order valence-corrected chi connectivity index (χ4v) is 2.21. The predicted molar refractivity (Wildman–Crippen MR) is 77.1 cm³/mol. The van der Waals surface area contributed by atoms with Crippen molar-refractivity contribution < 1.29 is 44.2 Å². The number of hydrogen-bond acceptors (Lipinski definition) is 8. The number of hydrogen-bond donors (Lipinski definition) is 4. The third kappa shape index (κ3) is 4.01. The zero-order valence-electron chi connectivity index (χ0n) is 12.7. The molecule has 2 rings (SSSR count). The summed E-state index contributed by atoms with van der Waals surface area (Å²) in [5.74, 6) is -1.67. The first kappa shape index (κ1) is 18.1. The summed E-state index contributed by atoms with van der Waals surface area (Å²) >= 11 is 0. The van der Waals surface area contributed by atoms with E-state index in [1.54, 1.807) is 12.1 Å². The van der Waals surface area contributed by atoms with Crippen molar-refractivity contribution in [1.29, 1.82) is 0 Å². The monoisotopic (exact) mass is 342 g/mol. The van der Waals surface area contributed by atoms with E-state index >= 15 is 0 Å². The Kier molecular flexibility index (Phi) is 5.73. The minimum Gasteiger partial charge on any atom is -0.479 e.